The minimum Gasteiger partial charge on any atom is -0.471 e. The molecule has 0 atom stereocenters. The summed E-state index contributed by atoms with van der Waals surface area (Å²) >= 11 is 0. The third-order valence-electron chi connectivity index (χ3n) is 6.78. The van der Waals surface area contributed by atoms with Gasteiger partial charge in [0.15, 0.2) is 23.7 Å². The monoisotopic (exact) mass is 600 g/mol. The molecule has 43 heavy (non-hydrogen) atoms. The van der Waals surface area contributed by atoms with Gasteiger partial charge in [-0.15, -0.1) is 0 Å². The van der Waals surface area contributed by atoms with Gasteiger partial charge in [0.2, 0.25) is 5.82 Å². The van der Waals surface area contributed by atoms with Crippen molar-refractivity contribution in [3.8, 4) is 17.3 Å². The highest BCUT2D eigenvalue weighted by Crippen LogP contribution is 2.31. The molecule has 0 aliphatic rings. The maximum Gasteiger partial charge on any atom is 0.254 e. The van der Waals surface area contributed by atoms with Crippen molar-refractivity contribution in [3.05, 3.63) is 106 Å². The van der Waals surface area contributed by atoms with Gasteiger partial charge in [0.1, 0.15) is 24.1 Å². The molecule has 0 unspecified atom stereocenters. The number of rotatable bonds is 10. The van der Waals surface area contributed by atoms with Gasteiger partial charge in [-0.2, -0.15) is 9.37 Å². The van der Waals surface area contributed by atoms with Gasteiger partial charge in [0.25, 0.3) is 5.88 Å². The predicted octanol–water partition coefficient (Wildman–Crippen LogP) is 5.30. The molecule has 2 N–H and O–H groups in total. The zero-order chi connectivity index (χ0) is 30.8. The minimum absolute atomic E-state index is 0.109. The lowest BCUT2D eigenvalue weighted by Crippen LogP contribution is -2.12. The highest BCUT2D eigenvalue weighted by Gasteiger charge is 2.25. The molecule has 0 radical (unpaired) electrons. The molecule has 0 fully saturated rings. The van der Waals surface area contributed by atoms with Crippen molar-refractivity contribution in [1.82, 2.24) is 19.5 Å². The fourth-order valence-corrected chi connectivity index (χ4v) is 4.53. The van der Waals surface area contributed by atoms with Gasteiger partial charge >= 0.3 is 0 Å². The van der Waals surface area contributed by atoms with Crippen LogP contribution < -0.4 is 4.74 Å². The zero-order valence-corrected chi connectivity index (χ0v) is 22.9. The van der Waals surface area contributed by atoms with Gasteiger partial charge in [0, 0.05) is 36.8 Å². The van der Waals surface area contributed by atoms with E-state index in [9.17, 15) is 19.0 Å². The van der Waals surface area contributed by atoms with Crippen LogP contribution in [0.15, 0.2) is 48.7 Å². The Morgan fingerprint density at radius 3 is 2.42 bits per heavy atom. The van der Waals surface area contributed by atoms with E-state index in [1.54, 1.807) is 17.6 Å². The number of hydrogen-bond donors (Lipinski definition) is 2. The van der Waals surface area contributed by atoms with Crippen LogP contribution in [0.3, 0.4) is 0 Å². The molecule has 3 aromatic carbocycles. The fourth-order valence-electron chi connectivity index (χ4n) is 4.53. The molecule has 5 aromatic rings. The summed E-state index contributed by atoms with van der Waals surface area (Å²) in [5, 5.41) is 19.1. The van der Waals surface area contributed by atoms with E-state index in [0.29, 0.717) is 28.9 Å². The number of aliphatic hydroxyl groups is 2. The number of fused-ring (bicyclic) bond motifs is 1. The first kappa shape index (κ1) is 30.0. The van der Waals surface area contributed by atoms with E-state index < -0.39 is 71.2 Å². The SMILES string of the molecule is COCCn1c(Cc2c(F)cc(-c3ncc(F)c(OCc4ccc(C)cc4F)n3)c(F)c2F)nc2ccc(C(O)O)cc21. The molecule has 0 aliphatic heterocycles. The van der Waals surface area contributed by atoms with Crippen molar-refractivity contribution in [1.29, 1.82) is 0 Å². The standard InChI is InChI=1S/C30H25F5N4O4/c1-15-3-4-17(20(31)9-15)14-43-29-22(33)13-36-28(38-29)19-11-21(32)18(26(34)27(19)35)12-25-37-23-6-5-16(30(40)41)10-24(23)39(25)7-8-42-2/h3-6,9-11,13,30,40-41H,7-8,12,14H2,1-2H3. The smallest absolute Gasteiger partial charge is 0.254 e. The number of imidazole rings is 1. The molecule has 224 valence electrons. The van der Waals surface area contributed by atoms with Crippen LogP contribution in [0.25, 0.3) is 22.4 Å². The average Bonchev–Trinajstić information content (AvgIpc) is 3.32. The van der Waals surface area contributed by atoms with E-state index in [0.717, 1.165) is 0 Å². The third-order valence-corrected chi connectivity index (χ3v) is 6.78. The maximum atomic E-state index is 15.4. The molecule has 0 saturated heterocycles. The minimum atomic E-state index is -1.75. The number of nitrogens with zero attached hydrogens (tertiary/aromatic N) is 4. The second-order valence-corrected chi connectivity index (χ2v) is 9.71. The van der Waals surface area contributed by atoms with Crippen LogP contribution in [-0.2, 0) is 24.3 Å². The van der Waals surface area contributed by atoms with Gasteiger partial charge in [-0.25, -0.2) is 27.5 Å². The van der Waals surface area contributed by atoms with Crippen LogP contribution in [0, 0.1) is 36.0 Å². The molecule has 0 amide bonds. The summed E-state index contributed by atoms with van der Waals surface area (Å²) in [6.07, 6.45) is -1.56. The number of aromatic nitrogens is 4. The maximum absolute atomic E-state index is 15.4. The number of ether oxygens (including phenoxy) is 2. The van der Waals surface area contributed by atoms with E-state index in [2.05, 4.69) is 15.0 Å². The summed E-state index contributed by atoms with van der Waals surface area (Å²) in [5.41, 5.74) is 0.503. The summed E-state index contributed by atoms with van der Waals surface area (Å²) in [4.78, 5) is 11.9. The Kier molecular flexibility index (Phi) is 8.67. The number of aryl methyl sites for hydroxylation is 1. The lowest BCUT2D eigenvalue weighted by Gasteiger charge is -2.13. The Hall–Kier alpha value is -4.46. The van der Waals surface area contributed by atoms with E-state index in [1.165, 1.54) is 37.4 Å². The Labute approximate surface area is 242 Å². The summed E-state index contributed by atoms with van der Waals surface area (Å²) in [6.45, 7) is 1.69. The van der Waals surface area contributed by atoms with Crippen molar-refractivity contribution in [2.45, 2.75) is 32.8 Å². The highest BCUT2D eigenvalue weighted by atomic mass is 19.2. The third kappa shape index (κ3) is 6.19. The summed E-state index contributed by atoms with van der Waals surface area (Å²) in [6, 6.07) is 9.48. The molecule has 0 saturated carbocycles. The van der Waals surface area contributed by atoms with Crippen LogP contribution in [-0.4, -0.2) is 43.4 Å². The van der Waals surface area contributed by atoms with Crippen molar-refractivity contribution in [3.63, 3.8) is 0 Å². The molecular formula is C30H25F5N4O4. The van der Waals surface area contributed by atoms with Crippen molar-refractivity contribution < 1.29 is 41.6 Å². The molecule has 13 heteroatoms. The molecule has 0 bridgehead atoms. The number of hydrogen-bond acceptors (Lipinski definition) is 7. The topological polar surface area (TPSA) is 103 Å². The predicted molar refractivity (Wildman–Crippen MR) is 144 cm³/mol. The second kappa shape index (κ2) is 12.4. The van der Waals surface area contributed by atoms with Crippen LogP contribution in [0.5, 0.6) is 5.88 Å². The van der Waals surface area contributed by atoms with E-state index in [4.69, 9.17) is 9.47 Å². The van der Waals surface area contributed by atoms with Crippen LogP contribution in [0.4, 0.5) is 22.0 Å². The van der Waals surface area contributed by atoms with Gasteiger partial charge in [-0.3, -0.25) is 0 Å². The average molecular weight is 601 g/mol. The largest absolute Gasteiger partial charge is 0.471 e. The number of methoxy groups -OCH3 is 1. The van der Waals surface area contributed by atoms with Crippen molar-refractivity contribution >= 4 is 11.0 Å². The second-order valence-electron chi connectivity index (χ2n) is 9.71. The summed E-state index contributed by atoms with van der Waals surface area (Å²) < 4.78 is 86.6. The Morgan fingerprint density at radius 1 is 0.907 bits per heavy atom. The number of benzene rings is 3. The molecule has 8 nitrogen and oxygen atoms in total. The molecular weight excluding hydrogens is 575 g/mol. The normalized spacial score (nSPS) is 11.6. The number of halogens is 5. The number of aliphatic hydroxyl groups excluding tert-OH is 1. The van der Waals surface area contributed by atoms with Gasteiger partial charge in [0.05, 0.1) is 29.4 Å². The summed E-state index contributed by atoms with van der Waals surface area (Å²) in [5.74, 6) is -6.81. The Balaban J connectivity index is 1.47. The van der Waals surface area contributed by atoms with E-state index in [-0.39, 0.29) is 30.1 Å². The Bertz CT molecular complexity index is 1810. The first-order valence-electron chi connectivity index (χ1n) is 13.0. The van der Waals surface area contributed by atoms with E-state index >= 15 is 13.2 Å². The van der Waals surface area contributed by atoms with Crippen molar-refractivity contribution in [2.24, 2.45) is 0 Å². The first-order chi connectivity index (χ1) is 20.6. The van der Waals surface area contributed by atoms with Gasteiger partial charge in [-0.05, 0) is 36.8 Å². The first-order valence-corrected chi connectivity index (χ1v) is 13.0. The lowest BCUT2D eigenvalue weighted by atomic mass is 10.1. The molecule has 2 aromatic heterocycles. The molecule has 0 spiro atoms. The van der Waals surface area contributed by atoms with Crippen molar-refractivity contribution in [2.75, 3.05) is 13.7 Å². The quantitative estimate of drug-likeness (QED) is 0.128. The summed E-state index contributed by atoms with van der Waals surface area (Å²) in [7, 11) is 1.46. The lowest BCUT2D eigenvalue weighted by molar-refractivity contribution is -0.0424. The zero-order valence-electron chi connectivity index (χ0n) is 22.9. The van der Waals surface area contributed by atoms with Gasteiger partial charge in [-0.1, -0.05) is 18.2 Å². The fraction of sp³-hybridized carbons (Fsp3) is 0.233. The Morgan fingerprint density at radius 2 is 1.70 bits per heavy atom. The molecule has 0 aliphatic carbocycles. The van der Waals surface area contributed by atoms with Crippen LogP contribution >= 0.6 is 0 Å². The van der Waals surface area contributed by atoms with Gasteiger partial charge < -0.3 is 24.3 Å². The molecule has 2 heterocycles. The molecule has 5 rings (SSSR count). The van der Waals surface area contributed by atoms with Crippen LogP contribution in [0.1, 0.15) is 34.4 Å². The van der Waals surface area contributed by atoms with Crippen LogP contribution in [0.2, 0.25) is 0 Å². The van der Waals surface area contributed by atoms with E-state index in [1.807, 2.05) is 0 Å². The highest BCUT2D eigenvalue weighted by molar-refractivity contribution is 5.77.